The van der Waals surface area contributed by atoms with E-state index in [0.717, 1.165) is 43.3 Å². The van der Waals surface area contributed by atoms with E-state index >= 15 is 0 Å². The zero-order valence-electron chi connectivity index (χ0n) is 10.9. The van der Waals surface area contributed by atoms with Gasteiger partial charge in [0.2, 0.25) is 0 Å². The van der Waals surface area contributed by atoms with Gasteiger partial charge in [-0.1, -0.05) is 0 Å². The van der Waals surface area contributed by atoms with Gasteiger partial charge in [0, 0.05) is 30.9 Å². The van der Waals surface area contributed by atoms with Crippen molar-refractivity contribution in [3.63, 3.8) is 0 Å². The summed E-state index contributed by atoms with van der Waals surface area (Å²) in [6, 6.07) is 5.71. The number of anilines is 1. The molecule has 0 heterocycles. The van der Waals surface area contributed by atoms with Crippen LogP contribution in [-0.2, 0) is 11.3 Å². The SMILES string of the molecule is CCOCCN(C)Cc1cc(N)ccc1OC. The molecule has 4 heteroatoms. The van der Waals surface area contributed by atoms with E-state index in [2.05, 4.69) is 11.9 Å². The fraction of sp³-hybridized carbons (Fsp3) is 0.538. The van der Waals surface area contributed by atoms with Crippen molar-refractivity contribution in [2.24, 2.45) is 0 Å². The molecular weight excluding hydrogens is 216 g/mol. The van der Waals surface area contributed by atoms with Gasteiger partial charge in [0.1, 0.15) is 5.75 Å². The molecule has 4 nitrogen and oxygen atoms in total. The lowest BCUT2D eigenvalue weighted by atomic mass is 10.1. The molecule has 0 bridgehead atoms. The molecule has 96 valence electrons. The Balaban J connectivity index is 2.57. The maximum Gasteiger partial charge on any atom is 0.123 e. The van der Waals surface area contributed by atoms with Gasteiger partial charge >= 0.3 is 0 Å². The number of ether oxygens (including phenoxy) is 2. The average Bonchev–Trinajstić information content (AvgIpc) is 2.29. The summed E-state index contributed by atoms with van der Waals surface area (Å²) in [5, 5.41) is 0. The minimum absolute atomic E-state index is 0.748. The van der Waals surface area contributed by atoms with Crippen LogP contribution in [0.15, 0.2) is 18.2 Å². The maximum absolute atomic E-state index is 5.78. The minimum Gasteiger partial charge on any atom is -0.496 e. The number of nitrogens with zero attached hydrogens (tertiary/aromatic N) is 1. The number of rotatable bonds is 7. The number of likely N-dealkylation sites (N-methyl/N-ethyl adjacent to an activating group) is 1. The zero-order chi connectivity index (χ0) is 12.7. The van der Waals surface area contributed by atoms with Crippen molar-refractivity contribution < 1.29 is 9.47 Å². The van der Waals surface area contributed by atoms with Gasteiger partial charge < -0.3 is 15.2 Å². The Kier molecular flexibility index (Phi) is 5.80. The second-order valence-corrected chi connectivity index (χ2v) is 4.01. The fourth-order valence-corrected chi connectivity index (χ4v) is 1.66. The summed E-state index contributed by atoms with van der Waals surface area (Å²) in [6.45, 7) is 5.21. The molecular formula is C13H22N2O2. The van der Waals surface area contributed by atoms with E-state index in [1.807, 2.05) is 25.1 Å². The molecule has 17 heavy (non-hydrogen) atoms. The Labute approximate surface area is 103 Å². The minimum atomic E-state index is 0.748. The monoisotopic (exact) mass is 238 g/mol. The van der Waals surface area contributed by atoms with Crippen molar-refractivity contribution in [2.75, 3.05) is 39.6 Å². The highest BCUT2D eigenvalue weighted by atomic mass is 16.5. The van der Waals surface area contributed by atoms with Crippen LogP contribution in [0.5, 0.6) is 5.75 Å². The van der Waals surface area contributed by atoms with Gasteiger partial charge in [0.05, 0.1) is 13.7 Å². The molecule has 0 radical (unpaired) electrons. The van der Waals surface area contributed by atoms with E-state index in [9.17, 15) is 0 Å². The Morgan fingerprint density at radius 3 is 2.76 bits per heavy atom. The van der Waals surface area contributed by atoms with Crippen LogP contribution in [0, 0.1) is 0 Å². The Morgan fingerprint density at radius 1 is 1.35 bits per heavy atom. The molecule has 0 spiro atoms. The molecule has 0 aromatic heterocycles. The van der Waals surface area contributed by atoms with E-state index in [4.69, 9.17) is 15.2 Å². The number of benzene rings is 1. The summed E-state index contributed by atoms with van der Waals surface area (Å²) in [5.41, 5.74) is 7.65. The van der Waals surface area contributed by atoms with Crippen LogP contribution in [-0.4, -0.2) is 38.8 Å². The molecule has 0 fully saturated rings. The van der Waals surface area contributed by atoms with Crippen LogP contribution in [0.3, 0.4) is 0 Å². The van der Waals surface area contributed by atoms with Crippen molar-refractivity contribution in [1.82, 2.24) is 4.90 Å². The molecule has 0 aliphatic rings. The number of hydrogen-bond donors (Lipinski definition) is 1. The third-order valence-electron chi connectivity index (χ3n) is 2.57. The predicted molar refractivity (Wildman–Crippen MR) is 70.2 cm³/mol. The first-order valence-corrected chi connectivity index (χ1v) is 5.86. The van der Waals surface area contributed by atoms with Crippen LogP contribution < -0.4 is 10.5 Å². The first-order valence-electron chi connectivity index (χ1n) is 5.86. The van der Waals surface area contributed by atoms with Gasteiger partial charge in [0.25, 0.3) is 0 Å². The highest BCUT2D eigenvalue weighted by molar-refractivity contribution is 5.47. The topological polar surface area (TPSA) is 47.7 Å². The molecule has 1 aromatic rings. The van der Waals surface area contributed by atoms with Gasteiger partial charge in [-0.2, -0.15) is 0 Å². The van der Waals surface area contributed by atoms with Gasteiger partial charge in [0.15, 0.2) is 0 Å². The summed E-state index contributed by atoms with van der Waals surface area (Å²) >= 11 is 0. The fourth-order valence-electron chi connectivity index (χ4n) is 1.66. The molecule has 0 unspecified atom stereocenters. The summed E-state index contributed by atoms with van der Waals surface area (Å²) in [7, 11) is 3.73. The number of methoxy groups -OCH3 is 1. The van der Waals surface area contributed by atoms with Gasteiger partial charge in [-0.3, -0.25) is 4.90 Å². The molecule has 1 aromatic carbocycles. The summed E-state index contributed by atoms with van der Waals surface area (Å²) in [5.74, 6) is 0.877. The number of hydrogen-bond acceptors (Lipinski definition) is 4. The third kappa shape index (κ3) is 4.63. The molecule has 0 aliphatic heterocycles. The summed E-state index contributed by atoms with van der Waals surface area (Å²) in [4.78, 5) is 2.19. The van der Waals surface area contributed by atoms with Crippen LogP contribution in [0.4, 0.5) is 5.69 Å². The molecule has 2 N–H and O–H groups in total. The Bertz CT molecular complexity index is 342. The molecule has 0 atom stereocenters. The van der Waals surface area contributed by atoms with Crippen LogP contribution >= 0.6 is 0 Å². The molecule has 1 rings (SSSR count). The second kappa shape index (κ2) is 7.14. The zero-order valence-corrected chi connectivity index (χ0v) is 10.9. The van der Waals surface area contributed by atoms with Crippen molar-refractivity contribution in [1.29, 1.82) is 0 Å². The lowest BCUT2D eigenvalue weighted by Gasteiger charge is -2.18. The van der Waals surface area contributed by atoms with Crippen LogP contribution in [0.2, 0.25) is 0 Å². The lowest BCUT2D eigenvalue weighted by molar-refractivity contribution is 0.120. The Hall–Kier alpha value is -1.26. The van der Waals surface area contributed by atoms with E-state index in [0.29, 0.717) is 0 Å². The predicted octanol–water partition coefficient (Wildman–Crippen LogP) is 1.75. The van der Waals surface area contributed by atoms with Crippen molar-refractivity contribution >= 4 is 5.69 Å². The van der Waals surface area contributed by atoms with Gasteiger partial charge in [-0.05, 0) is 32.2 Å². The summed E-state index contributed by atoms with van der Waals surface area (Å²) in [6.07, 6.45) is 0. The van der Waals surface area contributed by atoms with Crippen molar-refractivity contribution in [3.8, 4) is 5.75 Å². The van der Waals surface area contributed by atoms with Crippen molar-refractivity contribution in [3.05, 3.63) is 23.8 Å². The first-order chi connectivity index (χ1) is 8.17. The highest BCUT2D eigenvalue weighted by Crippen LogP contribution is 2.22. The third-order valence-corrected chi connectivity index (χ3v) is 2.57. The van der Waals surface area contributed by atoms with E-state index in [-0.39, 0.29) is 0 Å². The van der Waals surface area contributed by atoms with Crippen LogP contribution in [0.1, 0.15) is 12.5 Å². The lowest BCUT2D eigenvalue weighted by Crippen LogP contribution is -2.23. The normalized spacial score (nSPS) is 10.8. The average molecular weight is 238 g/mol. The number of nitrogens with two attached hydrogens (primary N) is 1. The highest BCUT2D eigenvalue weighted by Gasteiger charge is 2.06. The van der Waals surface area contributed by atoms with E-state index in [1.165, 1.54) is 0 Å². The van der Waals surface area contributed by atoms with Crippen molar-refractivity contribution in [2.45, 2.75) is 13.5 Å². The van der Waals surface area contributed by atoms with E-state index < -0.39 is 0 Å². The standard InChI is InChI=1S/C13H22N2O2/c1-4-17-8-7-15(2)10-11-9-12(14)5-6-13(11)16-3/h5-6,9H,4,7-8,10,14H2,1-3H3. The van der Waals surface area contributed by atoms with Crippen LogP contribution in [0.25, 0.3) is 0 Å². The molecule has 0 saturated carbocycles. The summed E-state index contributed by atoms with van der Waals surface area (Å²) < 4.78 is 10.6. The van der Waals surface area contributed by atoms with Gasteiger partial charge in [-0.15, -0.1) is 0 Å². The second-order valence-electron chi connectivity index (χ2n) is 4.01. The molecule has 0 saturated heterocycles. The molecule has 0 amide bonds. The number of nitrogen functional groups attached to an aromatic ring is 1. The van der Waals surface area contributed by atoms with Gasteiger partial charge in [-0.25, -0.2) is 0 Å². The maximum atomic E-state index is 5.78. The molecule has 0 aliphatic carbocycles. The first kappa shape index (κ1) is 13.8. The quantitative estimate of drug-likeness (QED) is 0.580. The Morgan fingerprint density at radius 2 is 2.12 bits per heavy atom. The smallest absolute Gasteiger partial charge is 0.123 e. The largest absolute Gasteiger partial charge is 0.496 e. The van der Waals surface area contributed by atoms with E-state index in [1.54, 1.807) is 7.11 Å².